The summed E-state index contributed by atoms with van der Waals surface area (Å²) in [4.78, 5) is 2.46. The minimum absolute atomic E-state index is 0.496. The molecule has 1 aromatic rings. The second kappa shape index (κ2) is 7.28. The molecular formula is C17H30N2O. The average molecular weight is 278 g/mol. The molecule has 0 radical (unpaired) electrons. The van der Waals surface area contributed by atoms with Crippen molar-refractivity contribution in [3.63, 3.8) is 0 Å². The molecule has 1 aliphatic carbocycles. The number of nitrogens with zero attached hydrogens (tertiary/aromatic N) is 1. The molecule has 20 heavy (non-hydrogen) atoms. The summed E-state index contributed by atoms with van der Waals surface area (Å²) in [5.41, 5.74) is 0. The zero-order chi connectivity index (χ0) is 14.5. The molecule has 1 heterocycles. The van der Waals surface area contributed by atoms with Crippen molar-refractivity contribution in [3.05, 3.63) is 23.7 Å². The largest absolute Gasteiger partial charge is 0.463 e. The lowest BCUT2D eigenvalue weighted by Gasteiger charge is -2.33. The van der Waals surface area contributed by atoms with E-state index in [1.54, 1.807) is 0 Å². The standard InChI is InChI=1S/C17H30N2O/c1-13(2)18-11-16-9-10-17(20-16)12-19(4)15-7-5-14(3)6-8-15/h9-10,13-15,18H,5-8,11-12H2,1-4H3. The molecule has 1 aromatic heterocycles. The molecule has 0 aromatic carbocycles. The van der Waals surface area contributed by atoms with Crippen LogP contribution in [0.5, 0.6) is 0 Å². The average Bonchev–Trinajstić information content (AvgIpc) is 2.84. The Hall–Kier alpha value is -0.800. The first-order chi connectivity index (χ1) is 9.54. The molecule has 1 saturated carbocycles. The van der Waals surface area contributed by atoms with Crippen molar-refractivity contribution in [2.75, 3.05) is 7.05 Å². The molecule has 0 atom stereocenters. The van der Waals surface area contributed by atoms with Gasteiger partial charge in [-0.1, -0.05) is 20.8 Å². The van der Waals surface area contributed by atoms with Gasteiger partial charge in [-0.2, -0.15) is 0 Å². The van der Waals surface area contributed by atoms with Crippen LogP contribution in [0.2, 0.25) is 0 Å². The highest BCUT2D eigenvalue weighted by molar-refractivity contribution is 5.07. The van der Waals surface area contributed by atoms with E-state index in [0.29, 0.717) is 6.04 Å². The fourth-order valence-corrected chi connectivity index (χ4v) is 2.97. The highest BCUT2D eigenvalue weighted by Gasteiger charge is 2.22. The fraction of sp³-hybridized carbons (Fsp3) is 0.765. The zero-order valence-electron chi connectivity index (χ0n) is 13.5. The molecule has 0 bridgehead atoms. The quantitative estimate of drug-likeness (QED) is 0.858. The van der Waals surface area contributed by atoms with E-state index in [0.717, 1.165) is 36.6 Å². The number of hydrogen-bond acceptors (Lipinski definition) is 3. The van der Waals surface area contributed by atoms with Crippen molar-refractivity contribution < 1.29 is 4.42 Å². The lowest BCUT2D eigenvalue weighted by atomic mass is 9.87. The maximum atomic E-state index is 5.91. The van der Waals surface area contributed by atoms with E-state index in [2.05, 4.69) is 50.2 Å². The number of hydrogen-bond donors (Lipinski definition) is 1. The third kappa shape index (κ3) is 4.64. The van der Waals surface area contributed by atoms with E-state index in [4.69, 9.17) is 4.42 Å². The van der Waals surface area contributed by atoms with Crippen LogP contribution in [0, 0.1) is 5.92 Å². The Balaban J connectivity index is 1.80. The minimum Gasteiger partial charge on any atom is -0.463 e. The molecular weight excluding hydrogens is 248 g/mol. The number of nitrogens with one attached hydrogen (secondary N) is 1. The van der Waals surface area contributed by atoms with Crippen molar-refractivity contribution in [1.29, 1.82) is 0 Å². The van der Waals surface area contributed by atoms with Crippen LogP contribution in [0.25, 0.3) is 0 Å². The Labute approximate surface area is 123 Å². The van der Waals surface area contributed by atoms with E-state index in [-0.39, 0.29) is 0 Å². The van der Waals surface area contributed by atoms with Gasteiger partial charge in [-0.05, 0) is 50.8 Å². The summed E-state index contributed by atoms with van der Waals surface area (Å²) in [6, 6.07) is 5.45. The molecule has 0 spiro atoms. The van der Waals surface area contributed by atoms with Gasteiger partial charge in [0, 0.05) is 12.1 Å². The van der Waals surface area contributed by atoms with Gasteiger partial charge in [-0.15, -0.1) is 0 Å². The molecule has 0 amide bonds. The van der Waals surface area contributed by atoms with Gasteiger partial charge in [-0.3, -0.25) is 4.90 Å². The second-order valence-corrected chi connectivity index (χ2v) is 6.73. The van der Waals surface area contributed by atoms with Crippen molar-refractivity contribution in [3.8, 4) is 0 Å². The summed E-state index contributed by atoms with van der Waals surface area (Å²) < 4.78 is 5.91. The lowest BCUT2D eigenvalue weighted by molar-refractivity contribution is 0.154. The number of furan rings is 1. The third-order valence-electron chi connectivity index (χ3n) is 4.42. The maximum absolute atomic E-state index is 5.91. The van der Waals surface area contributed by atoms with Crippen molar-refractivity contribution in [2.24, 2.45) is 5.92 Å². The molecule has 1 N–H and O–H groups in total. The first kappa shape index (κ1) is 15.6. The summed E-state index contributed by atoms with van der Waals surface area (Å²) in [7, 11) is 2.23. The summed E-state index contributed by atoms with van der Waals surface area (Å²) in [5.74, 6) is 3.04. The molecule has 114 valence electrons. The fourth-order valence-electron chi connectivity index (χ4n) is 2.97. The van der Waals surface area contributed by atoms with Crippen LogP contribution in [0.15, 0.2) is 16.5 Å². The van der Waals surface area contributed by atoms with Crippen LogP contribution in [0.4, 0.5) is 0 Å². The molecule has 1 fully saturated rings. The van der Waals surface area contributed by atoms with Crippen molar-refractivity contribution in [1.82, 2.24) is 10.2 Å². The third-order valence-corrected chi connectivity index (χ3v) is 4.42. The van der Waals surface area contributed by atoms with Crippen LogP contribution in [-0.4, -0.2) is 24.0 Å². The summed E-state index contributed by atoms with van der Waals surface area (Å²) in [6.07, 6.45) is 5.41. The van der Waals surface area contributed by atoms with E-state index < -0.39 is 0 Å². The van der Waals surface area contributed by atoms with Crippen LogP contribution in [0.1, 0.15) is 58.0 Å². The van der Waals surface area contributed by atoms with Crippen molar-refractivity contribution in [2.45, 2.75) is 71.6 Å². The Bertz CT molecular complexity index is 391. The van der Waals surface area contributed by atoms with E-state index in [9.17, 15) is 0 Å². The van der Waals surface area contributed by atoms with Gasteiger partial charge < -0.3 is 9.73 Å². The highest BCUT2D eigenvalue weighted by Crippen LogP contribution is 2.27. The first-order valence-corrected chi connectivity index (χ1v) is 8.05. The smallest absolute Gasteiger partial charge is 0.118 e. The first-order valence-electron chi connectivity index (χ1n) is 8.05. The van der Waals surface area contributed by atoms with E-state index >= 15 is 0 Å². The summed E-state index contributed by atoms with van der Waals surface area (Å²) >= 11 is 0. The molecule has 0 unspecified atom stereocenters. The molecule has 3 nitrogen and oxygen atoms in total. The minimum atomic E-state index is 0.496. The molecule has 2 rings (SSSR count). The van der Waals surface area contributed by atoms with E-state index in [1.165, 1.54) is 25.7 Å². The Kier molecular flexibility index (Phi) is 5.67. The Morgan fingerprint density at radius 2 is 1.85 bits per heavy atom. The van der Waals surface area contributed by atoms with E-state index in [1.807, 2.05) is 0 Å². The topological polar surface area (TPSA) is 28.4 Å². The van der Waals surface area contributed by atoms with Crippen LogP contribution >= 0.6 is 0 Å². The van der Waals surface area contributed by atoms with Crippen molar-refractivity contribution >= 4 is 0 Å². The van der Waals surface area contributed by atoms with Gasteiger partial charge in [0.1, 0.15) is 11.5 Å². The second-order valence-electron chi connectivity index (χ2n) is 6.73. The Morgan fingerprint density at radius 3 is 2.50 bits per heavy atom. The highest BCUT2D eigenvalue weighted by atomic mass is 16.3. The zero-order valence-corrected chi connectivity index (χ0v) is 13.5. The summed E-state index contributed by atoms with van der Waals surface area (Å²) in [5, 5.41) is 3.39. The monoisotopic (exact) mass is 278 g/mol. The predicted molar refractivity (Wildman–Crippen MR) is 83.6 cm³/mol. The van der Waals surface area contributed by atoms with Gasteiger partial charge in [0.05, 0.1) is 13.1 Å². The van der Waals surface area contributed by atoms with Crippen LogP contribution < -0.4 is 5.32 Å². The van der Waals surface area contributed by atoms with Gasteiger partial charge in [0.25, 0.3) is 0 Å². The van der Waals surface area contributed by atoms with Crippen LogP contribution in [0.3, 0.4) is 0 Å². The number of rotatable bonds is 6. The van der Waals surface area contributed by atoms with Gasteiger partial charge in [-0.25, -0.2) is 0 Å². The van der Waals surface area contributed by atoms with Gasteiger partial charge in [0.2, 0.25) is 0 Å². The Morgan fingerprint density at radius 1 is 1.20 bits per heavy atom. The van der Waals surface area contributed by atoms with Gasteiger partial charge >= 0.3 is 0 Å². The molecule has 1 aliphatic rings. The SMILES string of the molecule is CC1CCC(N(C)Cc2ccc(CNC(C)C)o2)CC1. The maximum Gasteiger partial charge on any atom is 0.118 e. The van der Waals surface area contributed by atoms with Gasteiger partial charge in [0.15, 0.2) is 0 Å². The summed E-state index contributed by atoms with van der Waals surface area (Å²) in [6.45, 7) is 8.43. The molecule has 3 heteroatoms. The molecule has 0 saturated heterocycles. The predicted octanol–water partition coefficient (Wildman–Crippen LogP) is 3.79. The normalized spacial score (nSPS) is 23.7. The molecule has 0 aliphatic heterocycles. The van der Waals surface area contributed by atoms with Crippen LogP contribution in [-0.2, 0) is 13.1 Å². The lowest BCUT2D eigenvalue weighted by Crippen LogP contribution is -2.34.